The van der Waals surface area contributed by atoms with E-state index >= 15 is 0 Å². The smallest absolute Gasteiger partial charge is 0.213 e. The van der Waals surface area contributed by atoms with Gasteiger partial charge in [-0.3, -0.25) is 4.99 Å². The molecule has 0 saturated heterocycles. The Hall–Kier alpha value is -2.03. The fourth-order valence-electron chi connectivity index (χ4n) is 2.69. The van der Waals surface area contributed by atoms with Crippen molar-refractivity contribution >= 4 is 29.9 Å². The van der Waals surface area contributed by atoms with Crippen LogP contribution in [-0.4, -0.2) is 31.7 Å². The van der Waals surface area contributed by atoms with Gasteiger partial charge >= 0.3 is 0 Å². The van der Waals surface area contributed by atoms with E-state index in [0.29, 0.717) is 19.0 Å². The summed E-state index contributed by atoms with van der Waals surface area (Å²) in [6.45, 7) is 4.19. The van der Waals surface area contributed by atoms with Crippen LogP contribution in [0.1, 0.15) is 29.5 Å². The van der Waals surface area contributed by atoms with Gasteiger partial charge in [0.05, 0.1) is 13.7 Å². The first kappa shape index (κ1) is 22.3. The molecule has 1 fully saturated rings. The van der Waals surface area contributed by atoms with E-state index in [4.69, 9.17) is 9.47 Å². The van der Waals surface area contributed by atoms with Crippen LogP contribution in [0.3, 0.4) is 0 Å². The first-order valence-electron chi connectivity index (χ1n) is 9.33. The number of rotatable bonds is 8. The van der Waals surface area contributed by atoms with Crippen molar-refractivity contribution in [2.45, 2.75) is 32.9 Å². The van der Waals surface area contributed by atoms with Crippen molar-refractivity contribution in [1.29, 1.82) is 0 Å². The number of hydrogen-bond acceptors (Lipinski definition) is 4. The lowest BCUT2D eigenvalue weighted by molar-refractivity contribution is 0.296. The molecule has 1 aliphatic carbocycles. The van der Waals surface area contributed by atoms with Crippen molar-refractivity contribution in [2.24, 2.45) is 10.9 Å². The predicted molar refractivity (Wildman–Crippen MR) is 123 cm³/mol. The summed E-state index contributed by atoms with van der Waals surface area (Å²) < 4.78 is 11.2. The monoisotopic (exact) mass is 496 g/mol. The molecule has 0 aliphatic heterocycles. The van der Waals surface area contributed by atoms with Gasteiger partial charge in [-0.1, -0.05) is 12.1 Å². The number of hydrogen-bond donors (Lipinski definition) is 2. The molecule has 152 valence electrons. The molecule has 1 aromatic heterocycles. The number of methoxy groups -OCH3 is 1. The zero-order valence-corrected chi connectivity index (χ0v) is 19.0. The Kier molecular flexibility index (Phi) is 8.82. The Bertz CT molecular complexity index is 794. The minimum Gasteiger partial charge on any atom is -0.493 e. The predicted octanol–water partition coefficient (Wildman–Crippen LogP) is 3.67. The highest BCUT2D eigenvalue weighted by atomic mass is 127. The maximum Gasteiger partial charge on any atom is 0.213 e. The second-order valence-electron chi connectivity index (χ2n) is 6.85. The van der Waals surface area contributed by atoms with E-state index in [-0.39, 0.29) is 24.0 Å². The molecule has 0 radical (unpaired) electrons. The maximum atomic E-state index is 6.04. The third kappa shape index (κ3) is 6.85. The van der Waals surface area contributed by atoms with E-state index in [1.54, 1.807) is 20.4 Å². The third-order valence-corrected chi connectivity index (χ3v) is 4.53. The van der Waals surface area contributed by atoms with Gasteiger partial charge in [-0.15, -0.1) is 24.0 Å². The van der Waals surface area contributed by atoms with Gasteiger partial charge in [0.15, 0.2) is 5.96 Å². The van der Waals surface area contributed by atoms with Crippen LogP contribution in [0.25, 0.3) is 0 Å². The first-order valence-corrected chi connectivity index (χ1v) is 9.33. The Morgan fingerprint density at radius 3 is 2.68 bits per heavy atom. The quantitative estimate of drug-likeness (QED) is 0.332. The summed E-state index contributed by atoms with van der Waals surface area (Å²) in [5.74, 6) is 3.04. The van der Waals surface area contributed by atoms with E-state index < -0.39 is 0 Å². The van der Waals surface area contributed by atoms with Crippen LogP contribution in [0.5, 0.6) is 11.6 Å². The molecule has 0 atom stereocenters. The summed E-state index contributed by atoms with van der Waals surface area (Å²) >= 11 is 0. The number of aryl methyl sites for hydroxylation is 1. The SMILES string of the molecule is CN=C(NCc1ccnc(OC)c1)NCc1ccc(C)cc1OCC1CC1.I. The van der Waals surface area contributed by atoms with Gasteiger partial charge in [0.2, 0.25) is 5.88 Å². The second-order valence-corrected chi connectivity index (χ2v) is 6.85. The summed E-state index contributed by atoms with van der Waals surface area (Å²) in [7, 11) is 3.38. The standard InChI is InChI=1S/C21H28N4O2.HI/c1-15-4-7-18(19(10-15)27-14-16-5-6-16)13-25-21(22-2)24-12-17-8-9-23-20(11-17)26-3;/h4,7-11,16H,5-6,12-14H2,1-3H3,(H2,22,24,25);1H. The summed E-state index contributed by atoms with van der Waals surface area (Å²) in [5, 5.41) is 6.67. The van der Waals surface area contributed by atoms with Gasteiger partial charge in [0.25, 0.3) is 0 Å². The Morgan fingerprint density at radius 1 is 1.18 bits per heavy atom. The average Bonchev–Trinajstić information content (AvgIpc) is 3.52. The van der Waals surface area contributed by atoms with Crippen LogP contribution in [0.4, 0.5) is 0 Å². The molecule has 1 aromatic carbocycles. The number of halogens is 1. The molecule has 6 nitrogen and oxygen atoms in total. The van der Waals surface area contributed by atoms with Crippen LogP contribution in [0.15, 0.2) is 41.5 Å². The molecule has 3 rings (SSSR count). The van der Waals surface area contributed by atoms with E-state index in [0.717, 1.165) is 35.4 Å². The number of nitrogens with zero attached hydrogens (tertiary/aromatic N) is 2. The van der Waals surface area contributed by atoms with Crippen LogP contribution >= 0.6 is 24.0 Å². The molecule has 0 bridgehead atoms. The van der Waals surface area contributed by atoms with E-state index in [2.05, 4.69) is 45.7 Å². The number of aliphatic imine (C=N–C) groups is 1. The van der Waals surface area contributed by atoms with Gasteiger partial charge in [-0.05, 0) is 48.9 Å². The number of ether oxygens (including phenoxy) is 2. The van der Waals surface area contributed by atoms with Gasteiger partial charge in [-0.2, -0.15) is 0 Å². The molecule has 28 heavy (non-hydrogen) atoms. The van der Waals surface area contributed by atoms with E-state index in [1.165, 1.54) is 18.4 Å². The van der Waals surface area contributed by atoms with E-state index in [9.17, 15) is 0 Å². The lowest BCUT2D eigenvalue weighted by Gasteiger charge is -2.15. The Morgan fingerprint density at radius 2 is 1.96 bits per heavy atom. The molecule has 2 N–H and O–H groups in total. The van der Waals surface area contributed by atoms with Crippen LogP contribution in [0, 0.1) is 12.8 Å². The highest BCUT2D eigenvalue weighted by molar-refractivity contribution is 14.0. The highest BCUT2D eigenvalue weighted by Gasteiger charge is 2.22. The van der Waals surface area contributed by atoms with Gasteiger partial charge in [0.1, 0.15) is 5.75 Å². The van der Waals surface area contributed by atoms with Crippen molar-refractivity contribution in [3.8, 4) is 11.6 Å². The number of nitrogens with one attached hydrogen (secondary N) is 2. The van der Waals surface area contributed by atoms with Crippen molar-refractivity contribution < 1.29 is 9.47 Å². The number of guanidine groups is 1. The molecular formula is C21H29IN4O2. The normalized spacial score (nSPS) is 13.5. The fourth-order valence-corrected chi connectivity index (χ4v) is 2.69. The van der Waals surface area contributed by atoms with Crippen molar-refractivity contribution in [2.75, 3.05) is 20.8 Å². The minimum absolute atomic E-state index is 0. The zero-order valence-electron chi connectivity index (χ0n) is 16.7. The van der Waals surface area contributed by atoms with Gasteiger partial charge < -0.3 is 20.1 Å². The number of benzene rings is 1. The molecule has 0 amide bonds. The molecule has 1 aliphatic rings. The molecule has 1 saturated carbocycles. The second kappa shape index (κ2) is 11.1. The van der Waals surface area contributed by atoms with Gasteiger partial charge in [-0.25, -0.2) is 4.98 Å². The minimum atomic E-state index is 0. The van der Waals surface area contributed by atoms with Crippen LogP contribution in [-0.2, 0) is 13.1 Å². The molecule has 2 aromatic rings. The van der Waals surface area contributed by atoms with E-state index in [1.807, 2.05) is 12.1 Å². The lowest BCUT2D eigenvalue weighted by atomic mass is 10.1. The highest BCUT2D eigenvalue weighted by Crippen LogP contribution is 2.30. The zero-order chi connectivity index (χ0) is 19.1. The molecular weight excluding hydrogens is 467 g/mol. The largest absolute Gasteiger partial charge is 0.493 e. The summed E-state index contributed by atoms with van der Waals surface area (Å²) in [6.07, 6.45) is 4.31. The summed E-state index contributed by atoms with van der Waals surface area (Å²) in [5.41, 5.74) is 3.42. The van der Waals surface area contributed by atoms with Gasteiger partial charge in [0, 0.05) is 38.0 Å². The summed E-state index contributed by atoms with van der Waals surface area (Å²) in [4.78, 5) is 8.42. The Labute approximate surface area is 184 Å². The topological polar surface area (TPSA) is 67.8 Å². The average molecular weight is 496 g/mol. The molecule has 7 heteroatoms. The lowest BCUT2D eigenvalue weighted by Crippen LogP contribution is -2.36. The molecule has 1 heterocycles. The number of pyridine rings is 1. The third-order valence-electron chi connectivity index (χ3n) is 4.53. The van der Waals surface area contributed by atoms with Crippen molar-refractivity contribution in [3.05, 3.63) is 53.2 Å². The van der Waals surface area contributed by atoms with Crippen molar-refractivity contribution in [3.63, 3.8) is 0 Å². The van der Waals surface area contributed by atoms with Crippen LogP contribution in [0.2, 0.25) is 0 Å². The maximum absolute atomic E-state index is 6.04. The van der Waals surface area contributed by atoms with Crippen molar-refractivity contribution in [1.82, 2.24) is 15.6 Å². The number of aromatic nitrogens is 1. The fraction of sp³-hybridized carbons (Fsp3) is 0.429. The molecule has 0 unspecified atom stereocenters. The Balaban J connectivity index is 0.00000280. The van der Waals surface area contributed by atoms with Crippen LogP contribution < -0.4 is 20.1 Å². The first-order chi connectivity index (χ1) is 13.2. The summed E-state index contributed by atoms with van der Waals surface area (Å²) in [6, 6.07) is 10.2. The molecule has 0 spiro atoms.